The van der Waals surface area contributed by atoms with E-state index in [0.29, 0.717) is 0 Å². The van der Waals surface area contributed by atoms with E-state index in [2.05, 4.69) is 63.2 Å². The van der Waals surface area contributed by atoms with E-state index in [-0.39, 0.29) is 24.4 Å². The Morgan fingerprint density at radius 3 is 1.57 bits per heavy atom. The second kappa shape index (κ2) is 13.9. The molecule has 0 bridgehead atoms. The normalized spacial score (nSPS) is 15.4. The number of para-hydroxylation sites is 1. The molecule has 0 amide bonds. The first kappa shape index (κ1) is 24.8. The predicted molar refractivity (Wildman–Crippen MR) is 115 cm³/mol. The molecule has 0 aromatic heterocycles. The van der Waals surface area contributed by atoms with E-state index in [1.165, 1.54) is 36.8 Å². The van der Waals surface area contributed by atoms with Crippen LogP contribution < -0.4 is 18.9 Å². The maximum atomic E-state index is 4.94. The quantitative estimate of drug-likeness (QED) is 0.749. The molecule has 2 aromatic rings. The van der Waals surface area contributed by atoms with E-state index >= 15 is 0 Å². The molecule has 0 saturated carbocycles. The fourth-order valence-corrected chi connectivity index (χ4v) is 2.81. The fraction of sp³-hybridized carbons (Fsp3) is 0.500. The summed E-state index contributed by atoms with van der Waals surface area (Å²) in [6.45, 7) is 10.4. The van der Waals surface area contributed by atoms with Gasteiger partial charge in [0.25, 0.3) is 0 Å². The first-order valence-corrected chi connectivity index (χ1v) is 10.1. The molecule has 0 unspecified atom stereocenters. The first-order valence-electron chi connectivity index (χ1n) is 10.1. The summed E-state index contributed by atoms with van der Waals surface area (Å²) in [5.41, 5.74) is 3.43. The SMILES string of the molecule is C1CCOC1.C1CCOC1.CC(C)(C)[N-]c1ccccc1-c1ccccc1.[Li+]. The molecule has 4 heteroatoms. The van der Waals surface area contributed by atoms with Crippen molar-refractivity contribution >= 4 is 5.69 Å². The van der Waals surface area contributed by atoms with Crippen molar-refractivity contribution in [3.05, 3.63) is 59.9 Å². The van der Waals surface area contributed by atoms with Gasteiger partial charge in [-0.3, -0.25) is 0 Å². The minimum Gasteiger partial charge on any atom is -0.679 e. The molecule has 4 rings (SSSR count). The number of hydrogen-bond acceptors (Lipinski definition) is 2. The van der Waals surface area contributed by atoms with E-state index in [9.17, 15) is 0 Å². The molecule has 3 nitrogen and oxygen atoms in total. The zero-order valence-corrected chi connectivity index (χ0v) is 18.1. The van der Waals surface area contributed by atoms with E-state index in [0.717, 1.165) is 32.1 Å². The zero-order valence-electron chi connectivity index (χ0n) is 18.1. The van der Waals surface area contributed by atoms with Crippen molar-refractivity contribution in [1.29, 1.82) is 0 Å². The Morgan fingerprint density at radius 1 is 0.679 bits per heavy atom. The molecule has 0 spiro atoms. The largest absolute Gasteiger partial charge is 1.00 e. The van der Waals surface area contributed by atoms with Crippen molar-refractivity contribution < 1.29 is 28.3 Å². The molecule has 2 saturated heterocycles. The van der Waals surface area contributed by atoms with Gasteiger partial charge in [-0.15, -0.1) is 11.2 Å². The van der Waals surface area contributed by atoms with Gasteiger partial charge in [-0.2, -0.15) is 0 Å². The van der Waals surface area contributed by atoms with E-state index in [1.807, 2.05) is 12.1 Å². The maximum Gasteiger partial charge on any atom is 1.00 e. The minimum atomic E-state index is -0.0507. The summed E-state index contributed by atoms with van der Waals surface area (Å²) < 4.78 is 9.89. The monoisotopic (exact) mass is 375 g/mol. The average molecular weight is 375 g/mol. The van der Waals surface area contributed by atoms with Gasteiger partial charge in [0, 0.05) is 26.4 Å². The second-order valence-electron chi connectivity index (χ2n) is 7.80. The van der Waals surface area contributed by atoms with Crippen LogP contribution in [0.1, 0.15) is 46.5 Å². The molecular weight excluding hydrogens is 341 g/mol. The van der Waals surface area contributed by atoms with Crippen molar-refractivity contribution in [3.63, 3.8) is 0 Å². The average Bonchev–Trinajstić information content (AvgIpc) is 3.40. The molecule has 0 N–H and O–H groups in total. The zero-order chi connectivity index (χ0) is 19.4. The standard InChI is InChI=1S/C16H18N.2C4H8O.Li/c1-16(2,3)17-15-12-8-7-11-14(15)13-9-5-4-6-10-13;2*1-2-4-5-3-1;/h4-12H,1-3H3;2*1-4H2;/q-1;;;+1. The third-order valence-electron chi connectivity index (χ3n) is 4.10. The third-order valence-corrected chi connectivity index (χ3v) is 4.10. The van der Waals surface area contributed by atoms with Crippen LogP contribution in [0.4, 0.5) is 5.69 Å². The van der Waals surface area contributed by atoms with Crippen LogP contribution in [0.15, 0.2) is 54.6 Å². The maximum absolute atomic E-state index is 4.94. The van der Waals surface area contributed by atoms with Crippen LogP contribution in [-0.4, -0.2) is 32.0 Å². The van der Waals surface area contributed by atoms with Gasteiger partial charge < -0.3 is 14.8 Å². The molecular formula is C24H34LiNO2. The molecule has 2 fully saturated rings. The van der Waals surface area contributed by atoms with Crippen LogP contribution in [0.25, 0.3) is 16.4 Å². The van der Waals surface area contributed by atoms with Crippen molar-refractivity contribution in [3.8, 4) is 11.1 Å². The smallest absolute Gasteiger partial charge is 0.679 e. The number of benzene rings is 2. The summed E-state index contributed by atoms with van der Waals surface area (Å²) in [6, 6.07) is 18.7. The van der Waals surface area contributed by atoms with Crippen LogP contribution >= 0.6 is 0 Å². The molecule has 0 aliphatic carbocycles. The molecule has 28 heavy (non-hydrogen) atoms. The fourth-order valence-electron chi connectivity index (χ4n) is 2.81. The van der Waals surface area contributed by atoms with Gasteiger partial charge in [-0.25, -0.2) is 0 Å². The van der Waals surface area contributed by atoms with Gasteiger partial charge in [0.1, 0.15) is 0 Å². The van der Waals surface area contributed by atoms with Crippen molar-refractivity contribution in [2.24, 2.45) is 0 Å². The molecule has 0 radical (unpaired) electrons. The first-order chi connectivity index (χ1) is 13.1. The molecule has 0 atom stereocenters. The van der Waals surface area contributed by atoms with Gasteiger partial charge in [0.05, 0.1) is 0 Å². The summed E-state index contributed by atoms with van der Waals surface area (Å²) in [5, 5.41) is 4.77. The summed E-state index contributed by atoms with van der Waals surface area (Å²) in [4.78, 5) is 0. The number of rotatable bonds is 2. The van der Waals surface area contributed by atoms with Crippen LogP contribution in [0, 0.1) is 0 Å². The summed E-state index contributed by atoms with van der Waals surface area (Å²) >= 11 is 0. The van der Waals surface area contributed by atoms with Crippen LogP contribution in [-0.2, 0) is 9.47 Å². The number of hydrogen-bond donors (Lipinski definition) is 0. The molecule has 2 aliphatic rings. The van der Waals surface area contributed by atoms with Crippen molar-refractivity contribution in [1.82, 2.24) is 0 Å². The molecule has 2 aromatic carbocycles. The Kier molecular flexibility index (Phi) is 12.3. The summed E-state index contributed by atoms with van der Waals surface area (Å²) in [6.07, 6.45) is 5.11. The number of nitrogens with zero attached hydrogens (tertiary/aromatic N) is 1. The van der Waals surface area contributed by atoms with Crippen LogP contribution in [0.2, 0.25) is 0 Å². The van der Waals surface area contributed by atoms with Crippen LogP contribution in [0.3, 0.4) is 0 Å². The van der Waals surface area contributed by atoms with Gasteiger partial charge in [0.2, 0.25) is 0 Å². The second-order valence-corrected chi connectivity index (χ2v) is 7.80. The predicted octanol–water partition coefficient (Wildman–Crippen LogP) is 3.75. The Balaban J connectivity index is 0.000000290. The minimum absolute atomic E-state index is 0. The number of ether oxygens (including phenoxy) is 2. The van der Waals surface area contributed by atoms with Gasteiger partial charge in [0.15, 0.2) is 0 Å². The molecule has 148 valence electrons. The Bertz CT molecular complexity index is 607. The summed E-state index contributed by atoms with van der Waals surface area (Å²) in [7, 11) is 0. The Morgan fingerprint density at radius 2 is 1.14 bits per heavy atom. The molecule has 2 aliphatic heterocycles. The summed E-state index contributed by atoms with van der Waals surface area (Å²) in [5.74, 6) is 0. The topological polar surface area (TPSA) is 32.6 Å². The third kappa shape index (κ3) is 10.3. The van der Waals surface area contributed by atoms with Crippen molar-refractivity contribution in [2.45, 2.75) is 52.0 Å². The van der Waals surface area contributed by atoms with Gasteiger partial charge in [-0.05, 0) is 36.8 Å². The Hall–Kier alpha value is -1.24. The van der Waals surface area contributed by atoms with Gasteiger partial charge in [-0.1, -0.05) is 75.4 Å². The van der Waals surface area contributed by atoms with E-state index < -0.39 is 0 Å². The van der Waals surface area contributed by atoms with Gasteiger partial charge >= 0.3 is 18.9 Å². The van der Waals surface area contributed by atoms with E-state index in [1.54, 1.807) is 0 Å². The van der Waals surface area contributed by atoms with E-state index in [4.69, 9.17) is 14.8 Å². The molecule has 2 heterocycles. The van der Waals surface area contributed by atoms with Crippen LogP contribution in [0.5, 0.6) is 0 Å². The Labute approximate surface area is 183 Å². The van der Waals surface area contributed by atoms with Crippen molar-refractivity contribution in [2.75, 3.05) is 26.4 Å².